The number of nitrogens with one attached hydrogen (secondary N) is 1. The first-order valence-corrected chi connectivity index (χ1v) is 8.73. The highest BCUT2D eigenvalue weighted by molar-refractivity contribution is 7.99. The van der Waals surface area contributed by atoms with Gasteiger partial charge in [-0.3, -0.25) is 9.69 Å². The van der Waals surface area contributed by atoms with Gasteiger partial charge in [0.1, 0.15) is 0 Å². The molecular formula is C17H16ClF3N2OS. The predicted octanol–water partition coefficient (Wildman–Crippen LogP) is 4.42. The van der Waals surface area contributed by atoms with E-state index >= 15 is 0 Å². The molecule has 25 heavy (non-hydrogen) atoms. The number of halogens is 4. The largest absolute Gasteiger partial charge is 0.322 e. The van der Waals surface area contributed by atoms with Gasteiger partial charge in [-0.25, -0.2) is 13.2 Å². The third-order valence-electron chi connectivity index (χ3n) is 3.28. The average Bonchev–Trinajstić information content (AvgIpc) is 2.57. The Morgan fingerprint density at radius 2 is 1.80 bits per heavy atom. The SMILES string of the molecule is CN(CCSc1ccc(Cl)cc1)CC(=O)Nc1ccc(F)c(F)c1F. The van der Waals surface area contributed by atoms with E-state index in [-0.39, 0.29) is 12.2 Å². The fourth-order valence-electron chi connectivity index (χ4n) is 1.99. The minimum Gasteiger partial charge on any atom is -0.322 e. The summed E-state index contributed by atoms with van der Waals surface area (Å²) in [5.74, 6) is -4.08. The predicted molar refractivity (Wildman–Crippen MR) is 94.6 cm³/mol. The van der Waals surface area contributed by atoms with E-state index in [0.29, 0.717) is 11.6 Å². The van der Waals surface area contributed by atoms with Crippen molar-refractivity contribution in [1.29, 1.82) is 0 Å². The van der Waals surface area contributed by atoms with Crippen molar-refractivity contribution < 1.29 is 18.0 Å². The number of carbonyl (C=O) groups is 1. The summed E-state index contributed by atoms with van der Waals surface area (Å²) in [6.07, 6.45) is 0. The first-order valence-electron chi connectivity index (χ1n) is 7.37. The van der Waals surface area contributed by atoms with Crippen LogP contribution in [0.25, 0.3) is 0 Å². The number of nitrogens with zero attached hydrogens (tertiary/aromatic N) is 1. The van der Waals surface area contributed by atoms with Crippen LogP contribution in [0.5, 0.6) is 0 Å². The molecule has 1 amide bonds. The van der Waals surface area contributed by atoms with Crippen LogP contribution < -0.4 is 5.32 Å². The van der Waals surface area contributed by atoms with Crippen molar-refractivity contribution >= 4 is 35.0 Å². The summed E-state index contributed by atoms with van der Waals surface area (Å²) in [4.78, 5) is 14.7. The number of rotatable bonds is 7. The monoisotopic (exact) mass is 388 g/mol. The zero-order valence-corrected chi connectivity index (χ0v) is 14.9. The Morgan fingerprint density at radius 3 is 2.48 bits per heavy atom. The third-order valence-corrected chi connectivity index (χ3v) is 4.52. The van der Waals surface area contributed by atoms with Gasteiger partial charge in [-0.2, -0.15) is 0 Å². The van der Waals surface area contributed by atoms with E-state index in [2.05, 4.69) is 5.32 Å². The lowest BCUT2D eigenvalue weighted by Gasteiger charge is -2.16. The molecule has 0 bridgehead atoms. The number of carbonyl (C=O) groups excluding carboxylic acids is 1. The molecule has 0 atom stereocenters. The summed E-state index contributed by atoms with van der Waals surface area (Å²) in [6.45, 7) is 0.612. The van der Waals surface area contributed by atoms with E-state index < -0.39 is 23.4 Å². The summed E-state index contributed by atoms with van der Waals surface area (Å²) in [7, 11) is 1.74. The number of likely N-dealkylation sites (N-methyl/N-ethyl adjacent to an activating group) is 1. The Bertz CT molecular complexity index is 743. The number of hydrogen-bond acceptors (Lipinski definition) is 3. The van der Waals surface area contributed by atoms with Gasteiger partial charge in [0.25, 0.3) is 0 Å². The molecule has 1 N–H and O–H groups in total. The molecule has 0 spiro atoms. The molecule has 0 fully saturated rings. The van der Waals surface area contributed by atoms with Gasteiger partial charge in [0.05, 0.1) is 12.2 Å². The molecule has 0 unspecified atom stereocenters. The third kappa shape index (κ3) is 5.95. The van der Waals surface area contributed by atoms with E-state index in [4.69, 9.17) is 11.6 Å². The molecule has 3 nitrogen and oxygen atoms in total. The first-order chi connectivity index (χ1) is 11.9. The van der Waals surface area contributed by atoms with E-state index in [9.17, 15) is 18.0 Å². The standard InChI is InChI=1S/C17H16ClF3N2OS/c1-23(8-9-25-12-4-2-11(18)3-5-12)10-15(24)22-14-7-6-13(19)16(20)17(14)21/h2-7H,8-10H2,1H3,(H,22,24). The quantitative estimate of drug-likeness (QED) is 0.563. The Hall–Kier alpha value is -1.70. The number of thioether (sulfide) groups is 1. The second-order valence-corrected chi connectivity index (χ2v) is 6.92. The van der Waals surface area contributed by atoms with E-state index in [1.807, 2.05) is 12.1 Å². The zero-order chi connectivity index (χ0) is 18.4. The molecule has 2 aromatic rings. The maximum absolute atomic E-state index is 13.5. The molecule has 0 saturated heterocycles. The normalized spacial score (nSPS) is 11.0. The Balaban J connectivity index is 1.78. The van der Waals surface area contributed by atoms with Crippen molar-refractivity contribution in [3.8, 4) is 0 Å². The van der Waals surface area contributed by atoms with Crippen LogP contribution in [0.4, 0.5) is 18.9 Å². The number of anilines is 1. The number of amides is 1. The minimum atomic E-state index is -1.61. The van der Waals surface area contributed by atoms with E-state index in [1.54, 1.807) is 35.8 Å². The van der Waals surface area contributed by atoms with Crippen LogP contribution in [0, 0.1) is 17.5 Å². The highest BCUT2D eigenvalue weighted by Gasteiger charge is 2.15. The molecule has 0 aliphatic carbocycles. The van der Waals surface area contributed by atoms with Gasteiger partial charge in [0.2, 0.25) is 5.91 Å². The molecule has 0 saturated carbocycles. The van der Waals surface area contributed by atoms with Crippen molar-refractivity contribution in [1.82, 2.24) is 4.90 Å². The maximum atomic E-state index is 13.5. The fourth-order valence-corrected chi connectivity index (χ4v) is 3.08. The minimum absolute atomic E-state index is 0.000384. The molecule has 0 radical (unpaired) electrons. The lowest BCUT2D eigenvalue weighted by molar-refractivity contribution is -0.117. The molecule has 0 heterocycles. The van der Waals surface area contributed by atoms with Crippen LogP contribution in [-0.4, -0.2) is 36.7 Å². The average molecular weight is 389 g/mol. The summed E-state index contributed by atoms with van der Waals surface area (Å²) < 4.78 is 39.5. The second kappa shape index (κ2) is 9.12. The van der Waals surface area contributed by atoms with Crippen molar-refractivity contribution in [2.45, 2.75) is 4.90 Å². The van der Waals surface area contributed by atoms with Crippen molar-refractivity contribution in [3.63, 3.8) is 0 Å². The topological polar surface area (TPSA) is 32.3 Å². The van der Waals surface area contributed by atoms with Gasteiger partial charge in [-0.05, 0) is 43.4 Å². The van der Waals surface area contributed by atoms with Crippen LogP contribution in [0.1, 0.15) is 0 Å². The smallest absolute Gasteiger partial charge is 0.238 e. The van der Waals surface area contributed by atoms with Crippen molar-refractivity contribution in [2.75, 3.05) is 31.2 Å². The van der Waals surface area contributed by atoms with Gasteiger partial charge in [0, 0.05) is 22.2 Å². The molecule has 0 aliphatic heterocycles. The second-order valence-electron chi connectivity index (χ2n) is 5.31. The van der Waals surface area contributed by atoms with Crippen LogP contribution in [0.3, 0.4) is 0 Å². The van der Waals surface area contributed by atoms with Crippen LogP contribution >= 0.6 is 23.4 Å². The van der Waals surface area contributed by atoms with E-state index in [0.717, 1.165) is 22.8 Å². The molecule has 2 rings (SSSR count). The molecule has 0 aromatic heterocycles. The molecular weight excluding hydrogens is 373 g/mol. The van der Waals surface area contributed by atoms with Gasteiger partial charge in [0.15, 0.2) is 17.5 Å². The Kier molecular flexibility index (Phi) is 7.16. The van der Waals surface area contributed by atoms with Gasteiger partial charge >= 0.3 is 0 Å². The van der Waals surface area contributed by atoms with Crippen molar-refractivity contribution in [2.24, 2.45) is 0 Å². The summed E-state index contributed by atoms with van der Waals surface area (Å²) in [5, 5.41) is 2.91. The lowest BCUT2D eigenvalue weighted by Crippen LogP contribution is -2.32. The highest BCUT2D eigenvalue weighted by Crippen LogP contribution is 2.21. The van der Waals surface area contributed by atoms with Gasteiger partial charge in [-0.15, -0.1) is 11.8 Å². The fraction of sp³-hybridized carbons (Fsp3) is 0.235. The summed E-state index contributed by atoms with van der Waals surface area (Å²) in [5.41, 5.74) is -0.382. The maximum Gasteiger partial charge on any atom is 0.238 e. The molecule has 2 aromatic carbocycles. The van der Waals surface area contributed by atoms with Crippen LogP contribution in [0.15, 0.2) is 41.3 Å². The molecule has 8 heteroatoms. The molecule has 134 valence electrons. The lowest BCUT2D eigenvalue weighted by atomic mass is 10.2. The first kappa shape index (κ1) is 19.6. The Morgan fingerprint density at radius 1 is 1.12 bits per heavy atom. The summed E-state index contributed by atoms with van der Waals surface area (Å²) in [6, 6.07) is 9.18. The zero-order valence-electron chi connectivity index (χ0n) is 13.4. The van der Waals surface area contributed by atoms with Crippen LogP contribution in [-0.2, 0) is 4.79 Å². The van der Waals surface area contributed by atoms with Gasteiger partial charge in [-0.1, -0.05) is 11.6 Å². The van der Waals surface area contributed by atoms with Crippen molar-refractivity contribution in [3.05, 3.63) is 58.9 Å². The Labute approximate surface area is 153 Å². The summed E-state index contributed by atoms with van der Waals surface area (Å²) >= 11 is 7.43. The number of hydrogen-bond donors (Lipinski definition) is 1. The molecule has 0 aliphatic rings. The van der Waals surface area contributed by atoms with Crippen LogP contribution in [0.2, 0.25) is 5.02 Å². The number of benzene rings is 2. The van der Waals surface area contributed by atoms with E-state index in [1.165, 1.54) is 0 Å². The highest BCUT2D eigenvalue weighted by atomic mass is 35.5. The van der Waals surface area contributed by atoms with Gasteiger partial charge < -0.3 is 5.32 Å².